The predicted molar refractivity (Wildman–Crippen MR) is 302 cm³/mol. The Labute approximate surface area is 448 Å². The van der Waals surface area contributed by atoms with E-state index in [4.69, 9.17) is 34.9 Å². The molecule has 0 fully saturated rings. The molecule has 0 radical (unpaired) electrons. The highest BCUT2D eigenvalue weighted by molar-refractivity contribution is 5.74. The van der Waals surface area contributed by atoms with Gasteiger partial charge in [0.15, 0.2) is 11.3 Å². The van der Waals surface area contributed by atoms with Gasteiger partial charge in [-0.05, 0) is 95.7 Å². The lowest BCUT2D eigenvalue weighted by Crippen LogP contribution is -2.53. The number of nitrogens with zero attached hydrogens (tertiary/aromatic N) is 9. The molecule has 0 saturated heterocycles. The first kappa shape index (κ1) is 53.1. The van der Waals surface area contributed by atoms with Crippen LogP contribution in [0, 0.1) is 0 Å². The Morgan fingerprint density at radius 3 is 0.766 bits per heavy atom. The molecule has 0 amide bonds. The van der Waals surface area contributed by atoms with Gasteiger partial charge in [-0.2, -0.15) is 44.9 Å². The van der Waals surface area contributed by atoms with E-state index in [2.05, 4.69) is 85.5 Å². The monoisotopic (exact) mass is 1050 g/mol. The van der Waals surface area contributed by atoms with Gasteiger partial charge in [0, 0.05) is 76.9 Å². The lowest BCUT2D eigenvalue weighted by Gasteiger charge is -2.50. The summed E-state index contributed by atoms with van der Waals surface area (Å²) in [6.45, 7) is 20.4. The van der Waals surface area contributed by atoms with Crippen LogP contribution >= 0.6 is 0 Å². The van der Waals surface area contributed by atoms with E-state index >= 15 is 0 Å². The lowest BCUT2D eigenvalue weighted by atomic mass is 9.60. The Hall–Kier alpha value is -8.69. The minimum atomic E-state index is -1.75. The number of phenols is 4. The van der Waals surface area contributed by atoms with Gasteiger partial charge >= 0.3 is 0 Å². The summed E-state index contributed by atoms with van der Waals surface area (Å²) >= 11 is 0. The Morgan fingerprint density at radius 1 is 0.299 bits per heavy atom. The zero-order valence-electron chi connectivity index (χ0n) is 45.1. The van der Waals surface area contributed by atoms with Gasteiger partial charge in [-0.15, -0.1) is 0 Å². The first-order chi connectivity index (χ1) is 37.3. The van der Waals surface area contributed by atoms with E-state index in [0.717, 1.165) is 11.1 Å². The first-order valence-corrected chi connectivity index (χ1v) is 26.7. The van der Waals surface area contributed by atoms with Crippen LogP contribution in [0.4, 0.5) is 53.5 Å². The van der Waals surface area contributed by atoms with Gasteiger partial charge in [0.1, 0.15) is 23.0 Å². The van der Waals surface area contributed by atoms with E-state index < -0.39 is 22.2 Å². The third kappa shape index (κ3) is 9.03. The number of hydrogen-bond acceptors (Lipinski definition) is 22. The highest BCUT2D eigenvalue weighted by atomic mass is 16.3. The number of benzene rings is 4. The minimum absolute atomic E-state index is 0.0112. The predicted octanol–water partition coefficient (Wildman–Crippen LogP) is 8.91. The van der Waals surface area contributed by atoms with Gasteiger partial charge in [0.2, 0.25) is 53.5 Å². The van der Waals surface area contributed by atoms with E-state index in [1.807, 2.05) is 58.9 Å². The van der Waals surface area contributed by atoms with Gasteiger partial charge in [-0.3, -0.25) is 0 Å². The number of anilines is 9. The van der Waals surface area contributed by atoms with Crippen molar-refractivity contribution < 1.29 is 20.4 Å². The fourth-order valence-electron chi connectivity index (χ4n) is 11.7. The molecular weight excluding hydrogens is 977 g/mol. The molecule has 13 N–H and O–H groups in total. The summed E-state index contributed by atoms with van der Waals surface area (Å²) in [4.78, 5) is 43.8. The van der Waals surface area contributed by atoms with Crippen molar-refractivity contribution in [2.24, 2.45) is 0 Å². The van der Waals surface area contributed by atoms with Crippen molar-refractivity contribution in [2.75, 3.05) is 80.6 Å². The van der Waals surface area contributed by atoms with E-state index in [9.17, 15) is 20.4 Å². The number of aromatic nitrogens is 9. The van der Waals surface area contributed by atoms with Crippen LogP contribution in [0.3, 0.4) is 0 Å². The number of aromatic hydroxyl groups is 4. The molecule has 2 unspecified atom stereocenters. The number of fused-ring (bicyclic) bond motifs is 4. The van der Waals surface area contributed by atoms with Crippen molar-refractivity contribution in [3.05, 3.63) is 117 Å². The standard InChI is InChI=1S/C55H70N18O4/c1-10-52(11-2)31-23-19-29-37(76)41(31)54(33-25-21-27-35(74)39(33)52,70-48-63-43(56-14-5)61-44(64-48)57-15-6)72-50-67-47(60-18-9)68-51(69-50)73-55(71-49-65-45(58-16-7)62-46(66-49)59-17-8)34-26-22-28-36(75)40(34)53(12-3,13-4)32-24-20-30-38(77)42(32)55/h19-30,74-77H,10-18H2,1-9H3,(H3,56,57,61,63,64,70)(H3,58,59,62,65,66,71)(H3,60,67,68,69,72,73). The Bertz CT molecular complexity index is 3020. The van der Waals surface area contributed by atoms with Crippen molar-refractivity contribution in [2.45, 2.75) is 110 Å². The lowest BCUT2D eigenvalue weighted by molar-refractivity contribution is 0.381. The quantitative estimate of drug-likeness (QED) is 0.0282. The van der Waals surface area contributed by atoms with Crippen LogP contribution in [0.1, 0.15) is 133 Å². The fraction of sp³-hybridized carbons (Fsp3) is 0.400. The van der Waals surface area contributed by atoms with E-state index in [1.165, 1.54) is 0 Å². The SMILES string of the molecule is CCNc1nc(NCC)nc(NC2(Nc3nc(NCC)nc(NC4(Nc5nc(NCC)nc(NCC)n5)c5cccc(O)c5C(CC)(CC)c5cccc(O)c54)n3)c3cccc(O)c3C(CC)(CC)c3cccc(O)c32)n1. The van der Waals surface area contributed by atoms with E-state index in [1.54, 1.807) is 48.5 Å². The molecule has 22 nitrogen and oxygen atoms in total. The topological polar surface area (TPSA) is 305 Å². The number of nitrogens with one attached hydrogen (secondary N) is 9. The van der Waals surface area contributed by atoms with E-state index in [-0.39, 0.29) is 52.7 Å². The summed E-state index contributed by atoms with van der Waals surface area (Å²) in [6, 6.07) is 21.4. The van der Waals surface area contributed by atoms with Gasteiger partial charge < -0.3 is 68.3 Å². The maximum Gasteiger partial charge on any atom is 0.231 e. The molecule has 0 bridgehead atoms. The average Bonchev–Trinajstić information content (AvgIpc) is 3.60. The molecule has 404 valence electrons. The summed E-state index contributed by atoms with van der Waals surface area (Å²) in [6.07, 6.45) is 2.27. The molecular formula is C55H70N18O4. The van der Waals surface area contributed by atoms with Crippen LogP contribution < -0.4 is 47.9 Å². The van der Waals surface area contributed by atoms with Gasteiger partial charge in [0.05, 0.1) is 0 Å². The second-order valence-electron chi connectivity index (χ2n) is 18.9. The Kier molecular flexibility index (Phi) is 14.8. The zero-order valence-corrected chi connectivity index (χ0v) is 45.1. The molecule has 7 aromatic rings. The largest absolute Gasteiger partial charge is 0.508 e. The van der Waals surface area contributed by atoms with Gasteiger partial charge in [0.25, 0.3) is 0 Å². The molecule has 2 aliphatic carbocycles. The van der Waals surface area contributed by atoms with Crippen LogP contribution in [-0.2, 0) is 22.2 Å². The molecule has 2 atom stereocenters. The normalized spacial score (nSPS) is 17.4. The van der Waals surface area contributed by atoms with Crippen LogP contribution in [0.2, 0.25) is 0 Å². The second kappa shape index (κ2) is 21.5. The highest BCUT2D eigenvalue weighted by Gasteiger charge is 2.55. The van der Waals surface area contributed by atoms with Crippen molar-refractivity contribution in [3.8, 4) is 23.0 Å². The second-order valence-corrected chi connectivity index (χ2v) is 18.9. The molecule has 77 heavy (non-hydrogen) atoms. The zero-order chi connectivity index (χ0) is 54.7. The van der Waals surface area contributed by atoms with E-state index in [0.29, 0.717) is 116 Å². The summed E-state index contributed by atoms with van der Waals surface area (Å²) in [5, 5.41) is 80.1. The van der Waals surface area contributed by atoms with Gasteiger partial charge in [-0.1, -0.05) is 76.2 Å². The van der Waals surface area contributed by atoms with Crippen LogP contribution in [0.25, 0.3) is 0 Å². The number of phenolic OH excluding ortho intramolecular Hbond substituents is 4. The first-order valence-electron chi connectivity index (χ1n) is 26.7. The summed E-state index contributed by atoms with van der Waals surface area (Å²) in [5.41, 5.74) is -0.432. The molecule has 22 heteroatoms. The molecule has 3 aromatic heterocycles. The molecule has 3 heterocycles. The maximum absolute atomic E-state index is 12.5. The molecule has 0 saturated carbocycles. The van der Waals surface area contributed by atoms with Crippen LogP contribution in [-0.4, -0.2) is 98.0 Å². The van der Waals surface area contributed by atoms with Gasteiger partial charge in [-0.25, -0.2) is 0 Å². The summed E-state index contributed by atoms with van der Waals surface area (Å²) in [7, 11) is 0. The van der Waals surface area contributed by atoms with Crippen molar-refractivity contribution >= 4 is 53.5 Å². The average molecular weight is 1050 g/mol. The summed E-state index contributed by atoms with van der Waals surface area (Å²) in [5.74, 6) is 1.48. The number of rotatable bonds is 22. The Morgan fingerprint density at radius 2 is 0.519 bits per heavy atom. The molecule has 0 aliphatic heterocycles. The maximum atomic E-state index is 12.5. The number of hydrogen-bond donors (Lipinski definition) is 13. The van der Waals surface area contributed by atoms with Crippen molar-refractivity contribution in [1.29, 1.82) is 0 Å². The van der Waals surface area contributed by atoms with Crippen LogP contribution in [0.5, 0.6) is 23.0 Å². The molecule has 9 rings (SSSR count). The van der Waals surface area contributed by atoms with Crippen LogP contribution in [0.15, 0.2) is 72.8 Å². The molecule has 4 aromatic carbocycles. The minimum Gasteiger partial charge on any atom is -0.508 e. The fourth-order valence-corrected chi connectivity index (χ4v) is 11.7. The molecule has 0 spiro atoms. The van der Waals surface area contributed by atoms with Crippen molar-refractivity contribution in [1.82, 2.24) is 44.9 Å². The third-order valence-electron chi connectivity index (χ3n) is 14.9. The van der Waals surface area contributed by atoms with Crippen molar-refractivity contribution in [3.63, 3.8) is 0 Å². The highest BCUT2D eigenvalue weighted by Crippen LogP contribution is 2.59. The third-order valence-corrected chi connectivity index (χ3v) is 14.9. The molecule has 2 aliphatic rings. The smallest absolute Gasteiger partial charge is 0.231 e. The Balaban J connectivity index is 1.34. The summed E-state index contributed by atoms with van der Waals surface area (Å²) < 4.78 is 0.